The highest BCUT2D eigenvalue weighted by atomic mass is 15.1. The molecule has 2 N–H and O–H groups in total. The van der Waals surface area contributed by atoms with Crippen LogP contribution in [0.3, 0.4) is 0 Å². The quantitative estimate of drug-likeness (QED) is 0.892. The maximum Gasteiger partial charge on any atom is 0.0458 e. The van der Waals surface area contributed by atoms with Crippen LogP contribution in [0.4, 0.5) is 5.69 Å². The van der Waals surface area contributed by atoms with E-state index in [4.69, 9.17) is 0 Å². The number of aromatic amines is 1. The lowest BCUT2D eigenvalue weighted by atomic mass is 9.90. The molecule has 0 saturated carbocycles. The SMILES string of the molecule is CCN(CC)c1ccc2[nH]cc(C3CCNCC3)c2c1. The molecule has 0 aliphatic carbocycles. The standard InChI is InChI=1S/C17H25N3/c1-3-20(4-2)14-5-6-17-15(11-14)16(12-19-17)13-7-9-18-10-8-13/h5-6,11-13,18-19H,3-4,7-10H2,1-2H3. The summed E-state index contributed by atoms with van der Waals surface area (Å²) >= 11 is 0. The molecule has 0 radical (unpaired) electrons. The number of aromatic nitrogens is 1. The highest BCUT2D eigenvalue weighted by Gasteiger charge is 2.18. The summed E-state index contributed by atoms with van der Waals surface area (Å²) in [6.45, 7) is 8.86. The van der Waals surface area contributed by atoms with E-state index in [9.17, 15) is 0 Å². The van der Waals surface area contributed by atoms with Crippen molar-refractivity contribution in [3.63, 3.8) is 0 Å². The number of piperidine rings is 1. The Balaban J connectivity index is 1.98. The lowest BCUT2D eigenvalue weighted by Gasteiger charge is -2.23. The second-order valence-corrected chi connectivity index (χ2v) is 5.67. The Morgan fingerprint density at radius 2 is 1.90 bits per heavy atom. The average Bonchev–Trinajstić information content (AvgIpc) is 2.93. The smallest absolute Gasteiger partial charge is 0.0458 e. The van der Waals surface area contributed by atoms with Gasteiger partial charge in [0.15, 0.2) is 0 Å². The highest BCUT2D eigenvalue weighted by molar-refractivity contribution is 5.87. The molecule has 1 aliphatic rings. The van der Waals surface area contributed by atoms with Gasteiger partial charge < -0.3 is 15.2 Å². The molecule has 0 spiro atoms. The van der Waals surface area contributed by atoms with Gasteiger partial charge in [-0.3, -0.25) is 0 Å². The zero-order chi connectivity index (χ0) is 13.9. The number of hydrogen-bond donors (Lipinski definition) is 2. The van der Waals surface area contributed by atoms with Crippen molar-refractivity contribution in [1.82, 2.24) is 10.3 Å². The van der Waals surface area contributed by atoms with Crippen LogP contribution in [0.25, 0.3) is 10.9 Å². The fourth-order valence-electron chi connectivity index (χ4n) is 3.39. The number of benzene rings is 1. The average molecular weight is 271 g/mol. The Morgan fingerprint density at radius 3 is 2.60 bits per heavy atom. The molecule has 1 aliphatic heterocycles. The molecule has 20 heavy (non-hydrogen) atoms. The molecule has 1 aromatic carbocycles. The summed E-state index contributed by atoms with van der Waals surface area (Å²) < 4.78 is 0. The summed E-state index contributed by atoms with van der Waals surface area (Å²) in [4.78, 5) is 5.86. The van der Waals surface area contributed by atoms with Crippen LogP contribution in [0.15, 0.2) is 24.4 Å². The number of H-pyrrole nitrogens is 1. The van der Waals surface area contributed by atoms with E-state index >= 15 is 0 Å². The summed E-state index contributed by atoms with van der Waals surface area (Å²) in [7, 11) is 0. The van der Waals surface area contributed by atoms with Gasteiger partial charge in [-0.2, -0.15) is 0 Å². The second-order valence-electron chi connectivity index (χ2n) is 5.67. The molecule has 0 bridgehead atoms. The first-order valence-electron chi connectivity index (χ1n) is 7.90. The van der Waals surface area contributed by atoms with E-state index < -0.39 is 0 Å². The Kier molecular flexibility index (Phi) is 3.97. The third kappa shape index (κ3) is 2.42. The first-order chi connectivity index (χ1) is 9.83. The van der Waals surface area contributed by atoms with Crippen molar-refractivity contribution < 1.29 is 0 Å². The van der Waals surface area contributed by atoms with Gasteiger partial charge in [0.05, 0.1) is 0 Å². The molecule has 0 amide bonds. The topological polar surface area (TPSA) is 31.1 Å². The van der Waals surface area contributed by atoms with Gasteiger partial charge in [-0.25, -0.2) is 0 Å². The van der Waals surface area contributed by atoms with Gasteiger partial charge in [-0.1, -0.05) is 0 Å². The maximum absolute atomic E-state index is 3.45. The van der Waals surface area contributed by atoms with Gasteiger partial charge in [-0.15, -0.1) is 0 Å². The van der Waals surface area contributed by atoms with Crippen molar-refractivity contribution in [3.8, 4) is 0 Å². The minimum atomic E-state index is 0.706. The zero-order valence-electron chi connectivity index (χ0n) is 12.6. The summed E-state index contributed by atoms with van der Waals surface area (Å²) in [6, 6.07) is 6.84. The monoisotopic (exact) mass is 271 g/mol. The van der Waals surface area contributed by atoms with E-state index in [2.05, 4.69) is 53.4 Å². The van der Waals surface area contributed by atoms with Crippen molar-refractivity contribution in [2.45, 2.75) is 32.6 Å². The number of nitrogens with zero attached hydrogens (tertiary/aromatic N) is 1. The highest BCUT2D eigenvalue weighted by Crippen LogP contribution is 2.33. The van der Waals surface area contributed by atoms with Gasteiger partial charge >= 0.3 is 0 Å². The lowest BCUT2D eigenvalue weighted by molar-refractivity contribution is 0.462. The third-order valence-corrected chi connectivity index (χ3v) is 4.60. The van der Waals surface area contributed by atoms with Crippen LogP contribution in [-0.2, 0) is 0 Å². The minimum absolute atomic E-state index is 0.706. The predicted molar refractivity (Wildman–Crippen MR) is 86.7 cm³/mol. The van der Waals surface area contributed by atoms with Gasteiger partial charge in [0, 0.05) is 35.9 Å². The summed E-state index contributed by atoms with van der Waals surface area (Å²) in [5.74, 6) is 0.706. The number of rotatable bonds is 4. The summed E-state index contributed by atoms with van der Waals surface area (Å²) in [6.07, 6.45) is 4.73. The van der Waals surface area contributed by atoms with Crippen LogP contribution in [0.2, 0.25) is 0 Å². The van der Waals surface area contributed by atoms with Crippen LogP contribution in [0.5, 0.6) is 0 Å². The molecule has 3 heteroatoms. The van der Waals surface area contributed by atoms with Crippen molar-refractivity contribution in [2.75, 3.05) is 31.1 Å². The van der Waals surface area contributed by atoms with E-state index in [1.54, 1.807) is 0 Å². The molecule has 2 heterocycles. The number of nitrogens with one attached hydrogen (secondary N) is 2. The van der Waals surface area contributed by atoms with E-state index in [-0.39, 0.29) is 0 Å². The van der Waals surface area contributed by atoms with Crippen molar-refractivity contribution in [1.29, 1.82) is 0 Å². The minimum Gasteiger partial charge on any atom is -0.372 e. The Bertz CT molecular complexity index is 563. The Hall–Kier alpha value is -1.48. The summed E-state index contributed by atoms with van der Waals surface area (Å²) in [5, 5.41) is 4.87. The summed E-state index contributed by atoms with van der Waals surface area (Å²) in [5.41, 5.74) is 4.13. The molecular formula is C17H25N3. The molecule has 0 atom stereocenters. The van der Waals surface area contributed by atoms with E-state index in [1.807, 2.05) is 0 Å². The molecule has 2 aromatic rings. The molecule has 3 nitrogen and oxygen atoms in total. The number of fused-ring (bicyclic) bond motifs is 1. The lowest BCUT2D eigenvalue weighted by Crippen LogP contribution is -2.26. The van der Waals surface area contributed by atoms with Crippen LogP contribution in [0, 0.1) is 0 Å². The Morgan fingerprint density at radius 1 is 1.15 bits per heavy atom. The van der Waals surface area contributed by atoms with Crippen molar-refractivity contribution >= 4 is 16.6 Å². The predicted octanol–water partition coefficient (Wildman–Crippen LogP) is 3.48. The number of anilines is 1. The fourth-order valence-corrected chi connectivity index (χ4v) is 3.39. The first-order valence-corrected chi connectivity index (χ1v) is 7.90. The van der Waals surface area contributed by atoms with Crippen LogP contribution >= 0.6 is 0 Å². The van der Waals surface area contributed by atoms with E-state index in [0.29, 0.717) is 5.92 Å². The second kappa shape index (κ2) is 5.88. The molecule has 108 valence electrons. The van der Waals surface area contributed by atoms with Crippen molar-refractivity contribution in [2.24, 2.45) is 0 Å². The maximum atomic E-state index is 3.45. The largest absolute Gasteiger partial charge is 0.372 e. The molecule has 1 aromatic heterocycles. The molecule has 3 rings (SSSR count). The molecule has 1 fully saturated rings. The molecular weight excluding hydrogens is 246 g/mol. The van der Waals surface area contributed by atoms with Gasteiger partial charge in [0.1, 0.15) is 0 Å². The number of hydrogen-bond acceptors (Lipinski definition) is 2. The van der Waals surface area contributed by atoms with Crippen molar-refractivity contribution in [3.05, 3.63) is 30.0 Å². The Labute approximate surface area is 121 Å². The van der Waals surface area contributed by atoms with E-state index in [1.165, 1.54) is 35.0 Å². The first kappa shape index (κ1) is 13.5. The van der Waals surface area contributed by atoms with Crippen LogP contribution < -0.4 is 10.2 Å². The van der Waals surface area contributed by atoms with Gasteiger partial charge in [-0.05, 0) is 69.5 Å². The van der Waals surface area contributed by atoms with Gasteiger partial charge in [0.25, 0.3) is 0 Å². The third-order valence-electron chi connectivity index (χ3n) is 4.60. The molecule has 0 unspecified atom stereocenters. The van der Waals surface area contributed by atoms with Gasteiger partial charge in [0.2, 0.25) is 0 Å². The molecule has 1 saturated heterocycles. The fraction of sp³-hybridized carbons (Fsp3) is 0.529. The van der Waals surface area contributed by atoms with Crippen LogP contribution in [0.1, 0.15) is 38.2 Å². The zero-order valence-corrected chi connectivity index (χ0v) is 12.6. The van der Waals surface area contributed by atoms with E-state index in [0.717, 1.165) is 26.2 Å². The van der Waals surface area contributed by atoms with Crippen LogP contribution in [-0.4, -0.2) is 31.2 Å². The normalized spacial score (nSPS) is 16.7.